The van der Waals surface area contributed by atoms with Crippen LogP contribution in [0.15, 0.2) is 18.2 Å². The van der Waals surface area contributed by atoms with Crippen LogP contribution in [0.3, 0.4) is 0 Å². The number of hydrogen-bond acceptors (Lipinski definition) is 2. The zero-order valence-electron chi connectivity index (χ0n) is 15.5. The molecule has 0 fully saturated rings. The Morgan fingerprint density at radius 2 is 1.96 bits per heavy atom. The highest BCUT2D eigenvalue weighted by Crippen LogP contribution is 2.47. The molecule has 0 radical (unpaired) electrons. The number of carbonyl (C=O) groups excluding carboxylic acids is 1. The molecular formula is C21H30O2. The number of fused-ring (bicyclic) bond motifs is 1. The Balaban J connectivity index is 2.63. The predicted octanol–water partition coefficient (Wildman–Crippen LogP) is 5.33. The first-order chi connectivity index (χ1) is 10.7. The second-order valence-electron chi connectivity index (χ2n) is 8.18. The normalized spacial score (nSPS) is 16.5. The van der Waals surface area contributed by atoms with Gasteiger partial charge in [-0.05, 0) is 52.5 Å². The second-order valence-corrected chi connectivity index (χ2v) is 8.18. The maximum atomic E-state index is 11.1. The SMILES string of the molecule is CCCOc1cc2c(cc1CC=O)C(C(C)(C)C)=CCC2(C)C. The lowest BCUT2D eigenvalue weighted by atomic mass is 9.68. The van der Waals surface area contributed by atoms with E-state index in [1.165, 1.54) is 16.7 Å². The Bertz CT molecular complexity index is 615. The largest absolute Gasteiger partial charge is 0.493 e. The Morgan fingerprint density at radius 1 is 1.26 bits per heavy atom. The quantitative estimate of drug-likeness (QED) is 0.687. The first-order valence-corrected chi connectivity index (χ1v) is 8.65. The average molecular weight is 314 g/mol. The minimum atomic E-state index is 0.0914. The Kier molecular flexibility index (Phi) is 5.03. The maximum Gasteiger partial charge on any atom is 0.124 e. The van der Waals surface area contributed by atoms with Crippen LogP contribution in [0.25, 0.3) is 5.57 Å². The van der Waals surface area contributed by atoms with Crippen molar-refractivity contribution in [1.82, 2.24) is 0 Å². The van der Waals surface area contributed by atoms with Gasteiger partial charge >= 0.3 is 0 Å². The molecule has 126 valence electrons. The van der Waals surface area contributed by atoms with Crippen molar-refractivity contribution in [2.24, 2.45) is 5.41 Å². The molecule has 1 aromatic carbocycles. The molecule has 1 aliphatic rings. The summed E-state index contributed by atoms with van der Waals surface area (Å²) >= 11 is 0. The van der Waals surface area contributed by atoms with Crippen LogP contribution in [0.4, 0.5) is 0 Å². The molecule has 1 aromatic rings. The van der Waals surface area contributed by atoms with Crippen LogP contribution >= 0.6 is 0 Å². The Hall–Kier alpha value is -1.57. The van der Waals surface area contributed by atoms with Crippen molar-refractivity contribution in [3.63, 3.8) is 0 Å². The highest BCUT2D eigenvalue weighted by atomic mass is 16.5. The van der Waals surface area contributed by atoms with Gasteiger partial charge in [-0.2, -0.15) is 0 Å². The van der Waals surface area contributed by atoms with Gasteiger partial charge < -0.3 is 9.53 Å². The lowest BCUT2D eigenvalue weighted by Gasteiger charge is -2.37. The third-order valence-corrected chi connectivity index (χ3v) is 4.61. The van der Waals surface area contributed by atoms with Gasteiger partial charge in [-0.15, -0.1) is 0 Å². The Labute approximate surface area is 140 Å². The summed E-state index contributed by atoms with van der Waals surface area (Å²) in [4.78, 5) is 11.1. The van der Waals surface area contributed by atoms with Gasteiger partial charge in [0.1, 0.15) is 12.0 Å². The van der Waals surface area contributed by atoms with E-state index in [-0.39, 0.29) is 10.8 Å². The second kappa shape index (κ2) is 6.51. The summed E-state index contributed by atoms with van der Waals surface area (Å²) in [6.45, 7) is 14.1. The van der Waals surface area contributed by atoms with Crippen LogP contribution < -0.4 is 4.74 Å². The van der Waals surface area contributed by atoms with Crippen molar-refractivity contribution in [2.75, 3.05) is 6.61 Å². The van der Waals surface area contributed by atoms with E-state index in [0.717, 1.165) is 30.4 Å². The van der Waals surface area contributed by atoms with E-state index in [1.54, 1.807) is 0 Å². The summed E-state index contributed by atoms with van der Waals surface area (Å²) in [6.07, 6.45) is 5.75. The number of allylic oxidation sites excluding steroid dienone is 2. The lowest BCUT2D eigenvalue weighted by Crippen LogP contribution is -2.25. The predicted molar refractivity (Wildman–Crippen MR) is 97.1 cm³/mol. The van der Waals surface area contributed by atoms with Crippen LogP contribution in [0.1, 0.15) is 71.1 Å². The minimum Gasteiger partial charge on any atom is -0.493 e. The molecule has 0 aromatic heterocycles. The summed E-state index contributed by atoms with van der Waals surface area (Å²) in [6, 6.07) is 4.37. The third kappa shape index (κ3) is 3.68. The minimum absolute atomic E-state index is 0.0914. The molecule has 0 aliphatic heterocycles. The third-order valence-electron chi connectivity index (χ3n) is 4.61. The summed E-state index contributed by atoms with van der Waals surface area (Å²) in [5.74, 6) is 0.876. The molecule has 0 atom stereocenters. The smallest absolute Gasteiger partial charge is 0.124 e. The molecule has 0 heterocycles. The number of ether oxygens (including phenoxy) is 1. The molecule has 0 spiro atoms. The highest BCUT2D eigenvalue weighted by Gasteiger charge is 2.33. The molecule has 0 amide bonds. The zero-order valence-corrected chi connectivity index (χ0v) is 15.5. The van der Waals surface area contributed by atoms with Crippen LogP contribution in [0.5, 0.6) is 5.75 Å². The van der Waals surface area contributed by atoms with E-state index in [0.29, 0.717) is 13.0 Å². The van der Waals surface area contributed by atoms with Crippen LogP contribution in [-0.4, -0.2) is 12.9 Å². The first-order valence-electron chi connectivity index (χ1n) is 8.65. The number of aldehydes is 1. The van der Waals surface area contributed by atoms with Gasteiger partial charge in [0.15, 0.2) is 0 Å². The molecule has 0 saturated heterocycles. The van der Waals surface area contributed by atoms with Gasteiger partial charge in [-0.1, -0.05) is 47.6 Å². The summed E-state index contributed by atoms with van der Waals surface area (Å²) in [5.41, 5.74) is 5.19. The van der Waals surface area contributed by atoms with Crippen molar-refractivity contribution in [2.45, 2.75) is 66.2 Å². The van der Waals surface area contributed by atoms with Crippen LogP contribution in [-0.2, 0) is 16.6 Å². The molecule has 0 saturated carbocycles. The number of benzene rings is 1. The van der Waals surface area contributed by atoms with Crippen LogP contribution in [0, 0.1) is 5.41 Å². The monoisotopic (exact) mass is 314 g/mol. The van der Waals surface area contributed by atoms with Crippen molar-refractivity contribution < 1.29 is 9.53 Å². The molecule has 2 nitrogen and oxygen atoms in total. The average Bonchev–Trinajstić information content (AvgIpc) is 2.44. The van der Waals surface area contributed by atoms with E-state index in [9.17, 15) is 4.79 Å². The summed E-state index contributed by atoms with van der Waals surface area (Å²) < 4.78 is 5.94. The summed E-state index contributed by atoms with van der Waals surface area (Å²) in [5, 5.41) is 0. The van der Waals surface area contributed by atoms with E-state index in [4.69, 9.17) is 4.74 Å². The fraction of sp³-hybridized carbons (Fsp3) is 0.571. The molecule has 2 heteroatoms. The maximum absolute atomic E-state index is 11.1. The van der Waals surface area contributed by atoms with Gasteiger partial charge in [-0.3, -0.25) is 0 Å². The number of rotatable bonds is 5. The van der Waals surface area contributed by atoms with Crippen molar-refractivity contribution in [3.8, 4) is 5.75 Å². The van der Waals surface area contributed by atoms with E-state index < -0.39 is 0 Å². The number of carbonyl (C=O) groups is 1. The van der Waals surface area contributed by atoms with Gasteiger partial charge in [-0.25, -0.2) is 0 Å². The first kappa shape index (κ1) is 17.8. The van der Waals surface area contributed by atoms with Gasteiger partial charge in [0.05, 0.1) is 6.61 Å². The molecule has 0 N–H and O–H groups in total. The van der Waals surface area contributed by atoms with Crippen molar-refractivity contribution in [1.29, 1.82) is 0 Å². The van der Waals surface area contributed by atoms with Crippen molar-refractivity contribution in [3.05, 3.63) is 34.9 Å². The van der Waals surface area contributed by atoms with Gasteiger partial charge in [0, 0.05) is 12.0 Å². The molecule has 1 aliphatic carbocycles. The molecule has 0 bridgehead atoms. The number of hydrogen-bond donors (Lipinski definition) is 0. The highest BCUT2D eigenvalue weighted by molar-refractivity contribution is 5.77. The zero-order chi connectivity index (χ0) is 17.3. The van der Waals surface area contributed by atoms with E-state index in [2.05, 4.69) is 59.8 Å². The van der Waals surface area contributed by atoms with E-state index in [1.807, 2.05) is 0 Å². The Morgan fingerprint density at radius 3 is 2.52 bits per heavy atom. The molecule has 23 heavy (non-hydrogen) atoms. The van der Waals surface area contributed by atoms with Crippen molar-refractivity contribution >= 4 is 11.9 Å². The van der Waals surface area contributed by atoms with Gasteiger partial charge in [0.25, 0.3) is 0 Å². The molecule has 2 rings (SSSR count). The van der Waals surface area contributed by atoms with Gasteiger partial charge in [0.2, 0.25) is 0 Å². The fourth-order valence-corrected chi connectivity index (χ4v) is 3.29. The lowest BCUT2D eigenvalue weighted by molar-refractivity contribution is -0.107. The topological polar surface area (TPSA) is 26.3 Å². The summed E-state index contributed by atoms with van der Waals surface area (Å²) in [7, 11) is 0. The molecule has 0 unspecified atom stereocenters. The fourth-order valence-electron chi connectivity index (χ4n) is 3.29. The van der Waals surface area contributed by atoms with Crippen LogP contribution in [0.2, 0.25) is 0 Å². The molecular weight excluding hydrogens is 284 g/mol. The standard InChI is InChI=1S/C21H30O2/c1-7-12-23-19-14-18-16(13-15(19)9-11-22)17(20(2,3)4)8-10-21(18,5)6/h8,11,13-14H,7,9-10,12H2,1-6H3. The van der Waals surface area contributed by atoms with E-state index >= 15 is 0 Å².